The fraction of sp³-hybridized carbons (Fsp3) is 0.286. The molecule has 0 aliphatic heterocycles. The zero-order valence-electron chi connectivity index (χ0n) is 7.08. The number of hydrogen-bond acceptors (Lipinski definition) is 3. The van der Waals surface area contributed by atoms with Gasteiger partial charge in [0.05, 0.1) is 15.8 Å². The maximum atomic E-state index is 12.3. The first kappa shape index (κ1) is 12.3. The summed E-state index contributed by atoms with van der Waals surface area (Å²) >= 11 is 8.40. The Bertz CT molecular complexity index is 403. The number of rotatable bonds is 3. The lowest BCUT2D eigenvalue weighted by Gasteiger charge is -2.04. The van der Waals surface area contributed by atoms with Crippen LogP contribution >= 0.6 is 27.5 Å². The lowest BCUT2D eigenvalue weighted by molar-refractivity contribution is -0.385. The number of alkyl halides is 3. The van der Waals surface area contributed by atoms with Gasteiger partial charge in [-0.2, -0.15) is 0 Å². The SMILES string of the molecule is O=[N+]([O-])c1cc(C(F)F)c(Cl)nc1CBr. The highest BCUT2D eigenvalue weighted by atomic mass is 79.9. The second kappa shape index (κ2) is 4.80. The zero-order valence-corrected chi connectivity index (χ0v) is 9.43. The lowest BCUT2D eigenvalue weighted by Crippen LogP contribution is -2.00. The molecule has 0 saturated heterocycles. The van der Waals surface area contributed by atoms with Gasteiger partial charge in [-0.05, 0) is 0 Å². The predicted molar refractivity (Wildman–Crippen MR) is 53.5 cm³/mol. The molecule has 0 unspecified atom stereocenters. The van der Waals surface area contributed by atoms with Crippen LogP contribution in [0.1, 0.15) is 17.7 Å². The minimum absolute atomic E-state index is 0.0226. The Labute approximate surface area is 96.5 Å². The van der Waals surface area contributed by atoms with Crippen molar-refractivity contribution in [3.05, 3.63) is 32.6 Å². The van der Waals surface area contributed by atoms with E-state index in [0.717, 1.165) is 6.07 Å². The van der Waals surface area contributed by atoms with Crippen molar-refractivity contribution in [3.63, 3.8) is 0 Å². The molecule has 1 aromatic heterocycles. The summed E-state index contributed by atoms with van der Waals surface area (Å²) in [4.78, 5) is 13.3. The zero-order chi connectivity index (χ0) is 11.6. The molecular formula is C7H4BrClF2N2O2. The second-order valence-corrected chi connectivity index (χ2v) is 3.44. The van der Waals surface area contributed by atoms with Crippen LogP contribution in [0, 0.1) is 10.1 Å². The van der Waals surface area contributed by atoms with Crippen LogP contribution in [0.25, 0.3) is 0 Å². The smallest absolute Gasteiger partial charge is 0.258 e. The van der Waals surface area contributed by atoms with Crippen molar-refractivity contribution >= 4 is 33.2 Å². The van der Waals surface area contributed by atoms with Crippen LogP contribution in [-0.4, -0.2) is 9.91 Å². The minimum atomic E-state index is -2.88. The highest BCUT2D eigenvalue weighted by Crippen LogP contribution is 2.31. The largest absolute Gasteiger partial charge is 0.292 e. The first-order chi connectivity index (χ1) is 6.97. The molecule has 4 nitrogen and oxygen atoms in total. The molecule has 1 aromatic rings. The maximum absolute atomic E-state index is 12.3. The summed E-state index contributed by atoms with van der Waals surface area (Å²) in [6.45, 7) is 0. The van der Waals surface area contributed by atoms with Gasteiger partial charge in [0.2, 0.25) is 0 Å². The molecule has 15 heavy (non-hydrogen) atoms. The lowest BCUT2D eigenvalue weighted by atomic mass is 10.2. The first-order valence-electron chi connectivity index (χ1n) is 3.65. The van der Waals surface area contributed by atoms with Gasteiger partial charge >= 0.3 is 0 Å². The van der Waals surface area contributed by atoms with Crippen molar-refractivity contribution in [2.75, 3.05) is 0 Å². The topological polar surface area (TPSA) is 56.0 Å². The van der Waals surface area contributed by atoms with Crippen LogP contribution in [0.15, 0.2) is 6.07 Å². The van der Waals surface area contributed by atoms with E-state index in [1.54, 1.807) is 0 Å². The fourth-order valence-electron chi connectivity index (χ4n) is 0.940. The molecular weight excluding hydrogens is 297 g/mol. The summed E-state index contributed by atoms with van der Waals surface area (Å²) < 4.78 is 24.7. The normalized spacial score (nSPS) is 10.7. The van der Waals surface area contributed by atoms with E-state index in [0.29, 0.717) is 0 Å². The summed E-state index contributed by atoms with van der Waals surface area (Å²) in [6, 6.07) is 0.747. The van der Waals surface area contributed by atoms with Gasteiger partial charge in [0, 0.05) is 6.07 Å². The van der Waals surface area contributed by atoms with Crippen molar-refractivity contribution < 1.29 is 13.7 Å². The van der Waals surface area contributed by atoms with Gasteiger partial charge in [-0.25, -0.2) is 13.8 Å². The van der Waals surface area contributed by atoms with E-state index < -0.39 is 27.8 Å². The standard InChI is InChI=1S/C7H4BrClF2N2O2/c8-2-4-5(13(14)15)1-3(7(10)11)6(9)12-4/h1,7H,2H2. The van der Waals surface area contributed by atoms with E-state index >= 15 is 0 Å². The van der Waals surface area contributed by atoms with Crippen molar-refractivity contribution in [3.8, 4) is 0 Å². The van der Waals surface area contributed by atoms with E-state index in [1.165, 1.54) is 0 Å². The number of pyridine rings is 1. The van der Waals surface area contributed by atoms with Gasteiger partial charge in [-0.3, -0.25) is 10.1 Å². The van der Waals surface area contributed by atoms with E-state index in [-0.39, 0.29) is 11.0 Å². The monoisotopic (exact) mass is 300 g/mol. The van der Waals surface area contributed by atoms with Crippen LogP contribution in [0.4, 0.5) is 14.5 Å². The van der Waals surface area contributed by atoms with Crippen LogP contribution in [0.3, 0.4) is 0 Å². The number of hydrogen-bond donors (Lipinski definition) is 0. The molecule has 0 amide bonds. The molecule has 0 saturated carbocycles. The van der Waals surface area contributed by atoms with Crippen molar-refractivity contribution in [2.24, 2.45) is 0 Å². The Morgan fingerprint density at radius 2 is 2.27 bits per heavy atom. The van der Waals surface area contributed by atoms with Gasteiger partial charge in [0.25, 0.3) is 12.1 Å². The van der Waals surface area contributed by atoms with Gasteiger partial charge < -0.3 is 0 Å². The number of aromatic nitrogens is 1. The van der Waals surface area contributed by atoms with Crippen LogP contribution in [-0.2, 0) is 5.33 Å². The fourth-order valence-corrected chi connectivity index (χ4v) is 1.59. The van der Waals surface area contributed by atoms with E-state index in [2.05, 4.69) is 20.9 Å². The molecule has 1 rings (SSSR count). The average Bonchev–Trinajstić information content (AvgIpc) is 2.16. The summed E-state index contributed by atoms with van der Waals surface area (Å²) in [5.41, 5.74) is -1.07. The molecule has 0 fully saturated rings. The molecule has 82 valence electrons. The van der Waals surface area contributed by atoms with E-state index in [1.807, 2.05) is 0 Å². The number of halogens is 4. The Kier molecular flexibility index (Phi) is 3.92. The van der Waals surface area contributed by atoms with Gasteiger partial charge in [-0.1, -0.05) is 27.5 Å². The molecule has 0 N–H and O–H groups in total. The summed E-state index contributed by atoms with van der Waals surface area (Å²) in [6.07, 6.45) is -2.88. The first-order valence-corrected chi connectivity index (χ1v) is 5.15. The molecule has 0 aliphatic carbocycles. The molecule has 0 radical (unpaired) electrons. The summed E-state index contributed by atoms with van der Waals surface area (Å²) in [7, 11) is 0. The second-order valence-electron chi connectivity index (χ2n) is 2.53. The van der Waals surface area contributed by atoms with Crippen LogP contribution < -0.4 is 0 Å². The predicted octanol–water partition coefficient (Wildman–Crippen LogP) is 3.48. The van der Waals surface area contributed by atoms with Crippen molar-refractivity contribution in [1.29, 1.82) is 0 Å². The molecule has 0 aliphatic rings. The molecule has 8 heteroatoms. The van der Waals surface area contributed by atoms with Crippen LogP contribution in [0.5, 0.6) is 0 Å². The molecule has 0 spiro atoms. The molecule has 1 heterocycles. The minimum Gasteiger partial charge on any atom is -0.258 e. The summed E-state index contributed by atoms with van der Waals surface area (Å²) in [5, 5.41) is 10.2. The third kappa shape index (κ3) is 2.60. The van der Waals surface area contributed by atoms with Gasteiger partial charge in [-0.15, -0.1) is 0 Å². The Balaban J connectivity index is 3.37. The Morgan fingerprint density at radius 1 is 1.67 bits per heavy atom. The number of nitrogens with zero attached hydrogens (tertiary/aromatic N) is 2. The van der Waals surface area contributed by atoms with Crippen molar-refractivity contribution in [1.82, 2.24) is 4.98 Å². The third-order valence-electron chi connectivity index (χ3n) is 1.62. The number of nitro groups is 1. The van der Waals surface area contributed by atoms with Crippen molar-refractivity contribution in [2.45, 2.75) is 11.8 Å². The van der Waals surface area contributed by atoms with Gasteiger partial charge in [0.15, 0.2) is 0 Å². The molecule has 0 aromatic carbocycles. The molecule has 0 atom stereocenters. The van der Waals surface area contributed by atoms with E-state index in [9.17, 15) is 18.9 Å². The molecule has 0 bridgehead atoms. The Hall–Kier alpha value is -0.820. The highest BCUT2D eigenvalue weighted by molar-refractivity contribution is 9.08. The van der Waals surface area contributed by atoms with Gasteiger partial charge in [0.1, 0.15) is 10.8 Å². The van der Waals surface area contributed by atoms with Crippen LogP contribution in [0.2, 0.25) is 5.15 Å². The average molecular weight is 301 g/mol. The summed E-state index contributed by atoms with van der Waals surface area (Å²) in [5.74, 6) is 0. The highest BCUT2D eigenvalue weighted by Gasteiger charge is 2.22. The Morgan fingerprint density at radius 3 is 2.67 bits per heavy atom. The quantitative estimate of drug-likeness (QED) is 0.372. The van der Waals surface area contributed by atoms with E-state index in [4.69, 9.17) is 11.6 Å². The third-order valence-corrected chi connectivity index (χ3v) is 2.45. The maximum Gasteiger partial charge on any atom is 0.292 e.